The molecule has 37 heavy (non-hydrogen) atoms. The fourth-order valence-corrected chi connectivity index (χ4v) is 5.47. The van der Waals surface area contributed by atoms with Gasteiger partial charge in [0.1, 0.15) is 13.2 Å². The zero-order chi connectivity index (χ0) is 25.5. The molecule has 3 aromatic rings. The predicted octanol–water partition coefficient (Wildman–Crippen LogP) is 2.89. The SMILES string of the molecule is Cc1cc(C)n(CCN2C(=O)c3cccc(N4CCN(Cc5ccc6c(c5)OCCO6)CC4)c3C2=O)n1. The molecule has 3 aliphatic rings. The van der Waals surface area contributed by atoms with E-state index < -0.39 is 0 Å². The second-order valence-electron chi connectivity index (χ2n) is 9.85. The van der Waals surface area contributed by atoms with Crippen molar-refractivity contribution in [3.05, 3.63) is 70.5 Å². The van der Waals surface area contributed by atoms with E-state index in [1.807, 2.05) is 42.8 Å². The Kier molecular flexibility index (Phi) is 6.08. The quantitative estimate of drug-likeness (QED) is 0.481. The van der Waals surface area contributed by atoms with Gasteiger partial charge in [-0.2, -0.15) is 5.10 Å². The number of hydrogen-bond donors (Lipinski definition) is 0. The molecule has 6 rings (SSSR count). The number of amides is 2. The molecule has 9 nitrogen and oxygen atoms in total. The summed E-state index contributed by atoms with van der Waals surface area (Å²) in [6, 6.07) is 13.7. The Morgan fingerprint density at radius 1 is 0.865 bits per heavy atom. The van der Waals surface area contributed by atoms with Crippen LogP contribution in [0, 0.1) is 13.8 Å². The number of hydrogen-bond acceptors (Lipinski definition) is 7. The molecule has 1 fully saturated rings. The number of ether oxygens (including phenoxy) is 2. The number of rotatable bonds is 6. The van der Waals surface area contributed by atoms with Crippen molar-refractivity contribution in [3.8, 4) is 11.5 Å². The van der Waals surface area contributed by atoms with Crippen LogP contribution in [0.5, 0.6) is 11.5 Å². The molecule has 0 radical (unpaired) electrons. The molecule has 0 aliphatic carbocycles. The molecule has 3 aliphatic heterocycles. The number of benzene rings is 2. The van der Waals surface area contributed by atoms with E-state index in [9.17, 15) is 9.59 Å². The maximum absolute atomic E-state index is 13.4. The molecule has 192 valence electrons. The minimum absolute atomic E-state index is 0.212. The minimum atomic E-state index is -0.222. The third-order valence-corrected chi connectivity index (χ3v) is 7.34. The third kappa shape index (κ3) is 4.44. The smallest absolute Gasteiger partial charge is 0.263 e. The number of piperazine rings is 1. The summed E-state index contributed by atoms with van der Waals surface area (Å²) < 4.78 is 13.2. The Bertz CT molecular complexity index is 1360. The van der Waals surface area contributed by atoms with Crippen LogP contribution in [0.3, 0.4) is 0 Å². The van der Waals surface area contributed by atoms with Crippen molar-refractivity contribution in [2.45, 2.75) is 26.9 Å². The highest BCUT2D eigenvalue weighted by Crippen LogP contribution is 2.33. The van der Waals surface area contributed by atoms with Crippen LogP contribution in [-0.4, -0.2) is 77.3 Å². The number of imide groups is 1. The fourth-order valence-electron chi connectivity index (χ4n) is 5.47. The molecule has 0 saturated carbocycles. The van der Waals surface area contributed by atoms with E-state index >= 15 is 0 Å². The van der Waals surface area contributed by atoms with E-state index in [0.717, 1.165) is 61.3 Å². The van der Waals surface area contributed by atoms with Crippen LogP contribution in [0.2, 0.25) is 0 Å². The van der Waals surface area contributed by atoms with Crippen LogP contribution in [-0.2, 0) is 13.1 Å². The van der Waals surface area contributed by atoms with Crippen LogP contribution < -0.4 is 14.4 Å². The van der Waals surface area contributed by atoms with E-state index in [4.69, 9.17) is 9.47 Å². The molecule has 0 atom stereocenters. The van der Waals surface area contributed by atoms with Crippen LogP contribution in [0.25, 0.3) is 0 Å². The lowest BCUT2D eigenvalue weighted by Gasteiger charge is -2.36. The summed E-state index contributed by atoms with van der Waals surface area (Å²) in [5.41, 5.74) is 5.01. The van der Waals surface area contributed by atoms with E-state index in [0.29, 0.717) is 37.4 Å². The zero-order valence-electron chi connectivity index (χ0n) is 21.3. The highest BCUT2D eigenvalue weighted by Gasteiger charge is 2.38. The van der Waals surface area contributed by atoms with Crippen molar-refractivity contribution < 1.29 is 19.1 Å². The Labute approximate surface area is 216 Å². The average molecular weight is 502 g/mol. The van der Waals surface area contributed by atoms with E-state index in [2.05, 4.69) is 27.0 Å². The number of fused-ring (bicyclic) bond motifs is 2. The van der Waals surface area contributed by atoms with Crippen LogP contribution in [0.15, 0.2) is 42.5 Å². The number of carbonyl (C=O) groups is 2. The van der Waals surface area contributed by atoms with Crippen molar-refractivity contribution >= 4 is 17.5 Å². The highest BCUT2D eigenvalue weighted by atomic mass is 16.6. The first kappa shape index (κ1) is 23.5. The average Bonchev–Trinajstić information content (AvgIpc) is 3.36. The standard InChI is InChI=1S/C28H31N5O4/c1-19-16-20(2)33(29-19)13-12-32-27(34)22-4-3-5-23(26(22)28(32)35)31-10-8-30(9-11-31)18-21-6-7-24-25(17-21)37-15-14-36-24/h3-7,16-17H,8-15,18H2,1-2H3. The number of aromatic nitrogens is 2. The first-order valence-electron chi connectivity index (χ1n) is 12.8. The molecule has 0 N–H and O–H groups in total. The normalized spacial score (nSPS) is 17.5. The Morgan fingerprint density at radius 2 is 1.65 bits per heavy atom. The Hall–Kier alpha value is -3.85. The van der Waals surface area contributed by atoms with E-state index in [1.165, 1.54) is 10.5 Å². The van der Waals surface area contributed by atoms with Gasteiger partial charge in [-0.15, -0.1) is 0 Å². The van der Waals surface area contributed by atoms with Crippen molar-refractivity contribution in [1.82, 2.24) is 19.6 Å². The molecule has 2 amide bonds. The Balaban J connectivity index is 1.12. The lowest BCUT2D eigenvalue weighted by molar-refractivity contribution is 0.0647. The van der Waals surface area contributed by atoms with Crippen molar-refractivity contribution in [2.24, 2.45) is 0 Å². The summed E-state index contributed by atoms with van der Waals surface area (Å²) in [5.74, 6) is 1.19. The van der Waals surface area contributed by atoms with Gasteiger partial charge in [-0.3, -0.25) is 24.1 Å². The van der Waals surface area contributed by atoms with Crippen molar-refractivity contribution in [1.29, 1.82) is 0 Å². The molecule has 0 unspecified atom stereocenters. The van der Waals surface area contributed by atoms with Gasteiger partial charge in [0.25, 0.3) is 11.8 Å². The van der Waals surface area contributed by atoms with Crippen molar-refractivity contribution in [2.75, 3.05) is 50.8 Å². The van der Waals surface area contributed by atoms with Gasteiger partial charge >= 0.3 is 0 Å². The lowest BCUT2D eigenvalue weighted by atomic mass is 10.1. The number of anilines is 1. The van der Waals surface area contributed by atoms with Gasteiger partial charge in [0.05, 0.1) is 29.1 Å². The predicted molar refractivity (Wildman–Crippen MR) is 138 cm³/mol. The molecule has 2 aromatic carbocycles. The molecule has 9 heteroatoms. The fraction of sp³-hybridized carbons (Fsp3) is 0.393. The summed E-state index contributed by atoms with van der Waals surface area (Å²) in [7, 11) is 0. The van der Waals surface area contributed by atoms with Crippen LogP contribution in [0.4, 0.5) is 5.69 Å². The summed E-state index contributed by atoms with van der Waals surface area (Å²) in [6.45, 7) is 10.0. The first-order chi connectivity index (χ1) is 18.0. The summed E-state index contributed by atoms with van der Waals surface area (Å²) in [5, 5.41) is 4.46. The maximum atomic E-state index is 13.4. The molecule has 1 aromatic heterocycles. The van der Waals surface area contributed by atoms with Gasteiger partial charge < -0.3 is 14.4 Å². The van der Waals surface area contributed by atoms with Gasteiger partial charge in [-0.05, 0) is 49.7 Å². The lowest BCUT2D eigenvalue weighted by Crippen LogP contribution is -2.46. The number of carbonyl (C=O) groups excluding carboxylic acids is 2. The summed E-state index contributed by atoms with van der Waals surface area (Å²) >= 11 is 0. The summed E-state index contributed by atoms with van der Waals surface area (Å²) in [4.78, 5) is 32.6. The maximum Gasteiger partial charge on any atom is 0.263 e. The number of aryl methyl sites for hydroxylation is 2. The molecule has 4 heterocycles. The highest BCUT2D eigenvalue weighted by molar-refractivity contribution is 6.23. The molecule has 0 spiro atoms. The molecular formula is C28H31N5O4. The van der Waals surface area contributed by atoms with Crippen LogP contribution >= 0.6 is 0 Å². The van der Waals surface area contributed by atoms with Gasteiger partial charge in [0.2, 0.25) is 0 Å². The second-order valence-corrected chi connectivity index (χ2v) is 9.85. The van der Waals surface area contributed by atoms with Gasteiger partial charge in [0.15, 0.2) is 11.5 Å². The minimum Gasteiger partial charge on any atom is -0.486 e. The van der Waals surface area contributed by atoms with E-state index in [-0.39, 0.29) is 11.8 Å². The summed E-state index contributed by atoms with van der Waals surface area (Å²) in [6.07, 6.45) is 0. The third-order valence-electron chi connectivity index (χ3n) is 7.34. The van der Waals surface area contributed by atoms with Gasteiger partial charge in [-0.1, -0.05) is 12.1 Å². The Morgan fingerprint density at radius 3 is 2.41 bits per heavy atom. The molecular weight excluding hydrogens is 470 g/mol. The monoisotopic (exact) mass is 501 g/mol. The van der Waals surface area contributed by atoms with E-state index in [1.54, 1.807) is 6.07 Å². The van der Waals surface area contributed by atoms with Gasteiger partial charge in [-0.25, -0.2) is 0 Å². The van der Waals surface area contributed by atoms with Gasteiger partial charge in [0, 0.05) is 45.0 Å². The first-order valence-corrected chi connectivity index (χ1v) is 12.8. The van der Waals surface area contributed by atoms with Crippen LogP contribution in [0.1, 0.15) is 37.7 Å². The topological polar surface area (TPSA) is 80.1 Å². The van der Waals surface area contributed by atoms with Crippen molar-refractivity contribution in [3.63, 3.8) is 0 Å². The molecule has 0 bridgehead atoms. The second kappa shape index (κ2) is 9.55. The zero-order valence-corrected chi connectivity index (χ0v) is 21.3. The largest absolute Gasteiger partial charge is 0.486 e. The molecule has 1 saturated heterocycles. The number of nitrogens with zero attached hydrogens (tertiary/aromatic N) is 5.